The molecule has 0 saturated carbocycles. The molecule has 82 heavy (non-hydrogen) atoms. The van der Waals surface area contributed by atoms with E-state index in [-0.39, 0.29) is 36.5 Å². The second-order valence-corrected chi connectivity index (χ2v) is 20.4. The van der Waals surface area contributed by atoms with Gasteiger partial charge in [-0.1, -0.05) is 137 Å². The molecule has 5 atom stereocenters. The van der Waals surface area contributed by atoms with Gasteiger partial charge in [0.1, 0.15) is 42.6 Å². The van der Waals surface area contributed by atoms with Crippen molar-refractivity contribution >= 4 is 29.8 Å². The second-order valence-electron chi connectivity index (χ2n) is 20.4. The van der Waals surface area contributed by atoms with Gasteiger partial charge in [-0.15, -0.1) is 0 Å². The maximum atomic E-state index is 11.7. The topological polar surface area (TPSA) is 401 Å². The Kier molecular flexibility index (Phi) is 68.4. The van der Waals surface area contributed by atoms with Crippen molar-refractivity contribution in [2.24, 2.45) is 57.3 Å². The minimum absolute atomic E-state index is 0.266. The summed E-state index contributed by atoms with van der Waals surface area (Å²) < 4.78 is 30.6. The minimum atomic E-state index is -0.568. The molecule has 21 nitrogen and oxygen atoms in total. The van der Waals surface area contributed by atoms with Crippen LogP contribution in [0.1, 0.15) is 220 Å². The van der Waals surface area contributed by atoms with Gasteiger partial charge >= 0.3 is 29.8 Å². The third-order valence-electron chi connectivity index (χ3n) is 12.3. The van der Waals surface area contributed by atoms with E-state index in [0.29, 0.717) is 104 Å². The van der Waals surface area contributed by atoms with Crippen molar-refractivity contribution in [2.45, 2.75) is 251 Å². The van der Waals surface area contributed by atoms with Gasteiger partial charge in [0, 0.05) is 6.61 Å². The normalized spacial score (nSPS) is 12.4. The Morgan fingerprint density at radius 3 is 0.976 bits per heavy atom. The summed E-state index contributed by atoms with van der Waals surface area (Å²) in [5.41, 5.74) is 56.5. The number of ether oxygens (including phenoxy) is 6. The number of rotatable bonds is 47. The summed E-state index contributed by atoms with van der Waals surface area (Å²) >= 11 is 0. The van der Waals surface area contributed by atoms with Crippen LogP contribution in [0, 0.1) is 0 Å². The third-order valence-corrected chi connectivity index (χ3v) is 12.3. The average molecular weight is 1170 g/mol. The standard InChI is InChI=1S/C15H24N2O2.C13H28N2O2.C12H26N2O2.C11H24N2O3.C10H22N2O2/c1-2-5-12-7-9-13(10-8-12)19-15(18)14(17)6-3-4-11-16;1-2-3-4-5-8-11-17-13(16)12(15)9-6-7-10-14;1-2-3-4-7-10-16-12(15)11(14)8-5-6-9-13;1-2-7-15-8-9-16-11(14)10(13)5-3-4-6-12;1-2-3-8-14-10(13)9(12)6-4-5-7-11/h7-10,14H,2-6,11,16-17H2,1H3;12H,2-11,14-15H2,1H3;11H,2-10,13-14H2,1H3;10H,2-9,12-13H2,1H3;9H,2-8,11-12H2,1H3. The fraction of sp³-hybridized carbons (Fsp3) is 0.820. The highest BCUT2D eigenvalue weighted by Gasteiger charge is 2.18. The van der Waals surface area contributed by atoms with Gasteiger partial charge in [-0.25, -0.2) is 4.79 Å². The van der Waals surface area contributed by atoms with Gasteiger partial charge in [-0.2, -0.15) is 0 Å². The summed E-state index contributed by atoms with van der Waals surface area (Å²) in [6.45, 7) is 16.7. The molecule has 5 unspecified atom stereocenters. The Balaban J connectivity index is -0.000000465. The first-order valence-electron chi connectivity index (χ1n) is 31.4. The van der Waals surface area contributed by atoms with E-state index in [9.17, 15) is 24.0 Å². The summed E-state index contributed by atoms with van der Waals surface area (Å²) in [6.07, 6.45) is 27.4. The lowest BCUT2D eigenvalue weighted by molar-refractivity contribution is -0.147. The Labute approximate surface area is 496 Å². The van der Waals surface area contributed by atoms with Crippen molar-refractivity contribution < 1.29 is 52.4 Å². The maximum Gasteiger partial charge on any atom is 0.328 e. The van der Waals surface area contributed by atoms with Crippen molar-refractivity contribution in [3.8, 4) is 5.75 Å². The number of esters is 5. The first-order chi connectivity index (χ1) is 39.5. The summed E-state index contributed by atoms with van der Waals surface area (Å²) in [6, 6.07) is 5.07. The van der Waals surface area contributed by atoms with Gasteiger partial charge in [0.15, 0.2) is 0 Å². The third kappa shape index (κ3) is 59.3. The van der Waals surface area contributed by atoms with Crippen molar-refractivity contribution in [3.05, 3.63) is 29.8 Å². The van der Waals surface area contributed by atoms with Crippen LogP contribution in [0.2, 0.25) is 0 Å². The van der Waals surface area contributed by atoms with E-state index in [0.717, 1.165) is 122 Å². The molecule has 0 aliphatic carbocycles. The van der Waals surface area contributed by atoms with Crippen molar-refractivity contribution in [2.75, 3.05) is 72.4 Å². The molecule has 0 bridgehead atoms. The largest absolute Gasteiger partial charge is 0.465 e. The van der Waals surface area contributed by atoms with E-state index in [2.05, 4.69) is 27.7 Å². The molecule has 0 radical (unpaired) electrons. The van der Waals surface area contributed by atoms with Gasteiger partial charge in [0.25, 0.3) is 0 Å². The van der Waals surface area contributed by atoms with Crippen LogP contribution in [0.5, 0.6) is 5.75 Å². The van der Waals surface area contributed by atoms with Crippen LogP contribution in [0.4, 0.5) is 0 Å². The zero-order valence-corrected chi connectivity index (χ0v) is 52.2. The zero-order valence-electron chi connectivity index (χ0n) is 52.2. The Hall–Kier alpha value is -3.87. The Morgan fingerprint density at radius 2 is 0.646 bits per heavy atom. The van der Waals surface area contributed by atoms with Crippen LogP contribution >= 0.6 is 0 Å². The summed E-state index contributed by atoms with van der Waals surface area (Å²) in [5, 5.41) is 0. The van der Waals surface area contributed by atoms with Crippen LogP contribution < -0.4 is 62.1 Å². The number of unbranched alkanes of at least 4 members (excludes halogenated alkanes) is 13. The highest BCUT2D eigenvalue weighted by Crippen LogP contribution is 2.15. The van der Waals surface area contributed by atoms with Crippen molar-refractivity contribution in [1.82, 2.24) is 0 Å². The number of hydrogen-bond acceptors (Lipinski definition) is 21. The summed E-state index contributed by atoms with van der Waals surface area (Å²) in [5.74, 6) is -0.988. The molecule has 0 heterocycles. The highest BCUT2D eigenvalue weighted by atomic mass is 16.6. The molecular formula is C61H124N10O11. The van der Waals surface area contributed by atoms with E-state index in [1.54, 1.807) is 0 Å². The van der Waals surface area contributed by atoms with Crippen LogP contribution in [0.15, 0.2) is 24.3 Å². The molecule has 0 amide bonds. The van der Waals surface area contributed by atoms with Gasteiger partial charge < -0.3 is 85.8 Å². The van der Waals surface area contributed by atoms with E-state index in [1.807, 2.05) is 31.2 Å². The fourth-order valence-corrected chi connectivity index (χ4v) is 7.11. The molecule has 0 aromatic heterocycles. The second kappa shape index (κ2) is 66.3. The molecule has 1 rings (SSSR count). The SMILES string of the molecule is CCCCCCCOC(=O)C(N)CCCCN.CCCCCCOC(=O)C(N)CCCCN.CCCCOC(=O)C(N)CCCCN.CCCOCCOC(=O)C(N)CCCCN.CCCc1ccc(OC(=O)C(N)CCCCN)cc1. The molecule has 0 spiro atoms. The molecule has 0 saturated heterocycles. The van der Waals surface area contributed by atoms with Crippen LogP contribution in [0.25, 0.3) is 0 Å². The summed E-state index contributed by atoms with van der Waals surface area (Å²) in [7, 11) is 0. The lowest BCUT2D eigenvalue weighted by Gasteiger charge is -2.11. The van der Waals surface area contributed by atoms with E-state index in [4.69, 9.17) is 85.8 Å². The van der Waals surface area contributed by atoms with E-state index < -0.39 is 30.2 Å². The molecular weight excluding hydrogens is 1050 g/mol. The number of nitrogens with two attached hydrogens (primary N) is 10. The average Bonchev–Trinajstić information content (AvgIpc) is 3.48. The Bertz CT molecular complexity index is 1530. The number of carbonyl (C=O) groups is 5. The monoisotopic (exact) mass is 1170 g/mol. The molecule has 0 fully saturated rings. The molecule has 20 N–H and O–H groups in total. The predicted octanol–water partition coefficient (Wildman–Crippen LogP) is 6.72. The number of aryl methyl sites for hydroxylation is 1. The van der Waals surface area contributed by atoms with Crippen LogP contribution in [0.3, 0.4) is 0 Å². The van der Waals surface area contributed by atoms with Gasteiger partial charge in [0.2, 0.25) is 0 Å². The van der Waals surface area contributed by atoms with Gasteiger partial charge in [-0.3, -0.25) is 19.2 Å². The van der Waals surface area contributed by atoms with Gasteiger partial charge in [0.05, 0.1) is 26.4 Å². The quantitative estimate of drug-likeness (QED) is 0.0140. The van der Waals surface area contributed by atoms with Crippen LogP contribution in [-0.4, -0.2) is 132 Å². The van der Waals surface area contributed by atoms with E-state index >= 15 is 0 Å². The lowest BCUT2D eigenvalue weighted by atomic mass is 10.1. The molecule has 21 heteroatoms. The molecule has 1 aromatic carbocycles. The molecule has 1 aromatic rings. The zero-order chi connectivity index (χ0) is 62.3. The van der Waals surface area contributed by atoms with Gasteiger partial charge in [-0.05, 0) is 147 Å². The molecule has 0 aliphatic heterocycles. The number of carbonyl (C=O) groups excluding carboxylic acids is 5. The molecule has 484 valence electrons. The van der Waals surface area contributed by atoms with Crippen LogP contribution in [-0.2, 0) is 54.1 Å². The maximum absolute atomic E-state index is 11.7. The van der Waals surface area contributed by atoms with E-state index in [1.165, 1.54) is 37.7 Å². The lowest BCUT2D eigenvalue weighted by Crippen LogP contribution is -2.34. The van der Waals surface area contributed by atoms with Crippen molar-refractivity contribution in [1.29, 1.82) is 0 Å². The number of benzene rings is 1. The smallest absolute Gasteiger partial charge is 0.328 e. The number of hydrogen-bond donors (Lipinski definition) is 10. The Morgan fingerprint density at radius 1 is 0.329 bits per heavy atom. The predicted molar refractivity (Wildman–Crippen MR) is 333 cm³/mol. The highest BCUT2D eigenvalue weighted by molar-refractivity contribution is 5.78. The molecule has 0 aliphatic rings. The summed E-state index contributed by atoms with van der Waals surface area (Å²) in [4.78, 5) is 57.1. The first kappa shape index (κ1) is 84.6. The first-order valence-corrected chi connectivity index (χ1v) is 31.4. The minimum Gasteiger partial charge on any atom is -0.465 e. The van der Waals surface area contributed by atoms with Crippen molar-refractivity contribution in [3.63, 3.8) is 0 Å². The fourth-order valence-electron chi connectivity index (χ4n) is 7.11.